The first-order chi connectivity index (χ1) is 8.54. The standard InChI is InChI=1S/C14H20N2O2/c1-10(5-4-8-15)14(18)16-13-7-3-6-12(9-13)11(2)17/h3,6-7,9-10H,4-5,8,15H2,1-2H3,(H,16,18). The largest absolute Gasteiger partial charge is 0.330 e. The third-order valence-electron chi connectivity index (χ3n) is 2.83. The van der Waals surface area contributed by atoms with E-state index in [0.717, 1.165) is 12.8 Å². The maximum absolute atomic E-state index is 11.9. The lowest BCUT2D eigenvalue weighted by Crippen LogP contribution is -2.21. The highest BCUT2D eigenvalue weighted by Crippen LogP contribution is 2.14. The molecule has 3 N–H and O–H groups in total. The van der Waals surface area contributed by atoms with Gasteiger partial charge in [-0.2, -0.15) is 0 Å². The van der Waals surface area contributed by atoms with Crippen LogP contribution in [0.25, 0.3) is 0 Å². The molecule has 4 heteroatoms. The number of hydrogen-bond acceptors (Lipinski definition) is 3. The highest BCUT2D eigenvalue weighted by molar-refractivity contribution is 5.97. The summed E-state index contributed by atoms with van der Waals surface area (Å²) in [4.78, 5) is 23.1. The number of carbonyl (C=O) groups is 2. The molecule has 0 aliphatic heterocycles. The molecule has 1 aromatic carbocycles. The van der Waals surface area contributed by atoms with Gasteiger partial charge in [0, 0.05) is 17.2 Å². The van der Waals surface area contributed by atoms with Crippen molar-refractivity contribution in [2.75, 3.05) is 11.9 Å². The fraction of sp³-hybridized carbons (Fsp3) is 0.429. The zero-order chi connectivity index (χ0) is 13.5. The smallest absolute Gasteiger partial charge is 0.227 e. The molecule has 1 aromatic rings. The number of amides is 1. The predicted octanol–water partition coefficient (Wildman–Crippen LogP) is 2.20. The Bertz CT molecular complexity index is 430. The summed E-state index contributed by atoms with van der Waals surface area (Å²) in [5.74, 6) is -0.124. The fourth-order valence-electron chi connectivity index (χ4n) is 1.64. The van der Waals surface area contributed by atoms with Gasteiger partial charge in [-0.05, 0) is 38.4 Å². The molecular weight excluding hydrogens is 228 g/mol. The molecule has 0 aliphatic carbocycles. The van der Waals surface area contributed by atoms with E-state index in [-0.39, 0.29) is 17.6 Å². The van der Waals surface area contributed by atoms with Crippen molar-refractivity contribution in [3.05, 3.63) is 29.8 Å². The Morgan fingerprint density at radius 1 is 1.39 bits per heavy atom. The monoisotopic (exact) mass is 248 g/mol. The lowest BCUT2D eigenvalue weighted by molar-refractivity contribution is -0.119. The lowest BCUT2D eigenvalue weighted by atomic mass is 10.0. The van der Waals surface area contributed by atoms with Crippen LogP contribution in [0.5, 0.6) is 0 Å². The number of benzene rings is 1. The Labute approximate surface area is 108 Å². The van der Waals surface area contributed by atoms with Crippen LogP contribution in [0.2, 0.25) is 0 Å². The summed E-state index contributed by atoms with van der Waals surface area (Å²) in [5, 5.41) is 2.81. The van der Waals surface area contributed by atoms with Gasteiger partial charge in [-0.3, -0.25) is 9.59 Å². The maximum atomic E-state index is 11.9. The number of ketones is 1. The minimum Gasteiger partial charge on any atom is -0.330 e. The van der Waals surface area contributed by atoms with Crippen LogP contribution in [0.1, 0.15) is 37.0 Å². The van der Waals surface area contributed by atoms with Gasteiger partial charge in [0.05, 0.1) is 0 Å². The first kappa shape index (κ1) is 14.4. The van der Waals surface area contributed by atoms with Gasteiger partial charge in [0.1, 0.15) is 0 Å². The van der Waals surface area contributed by atoms with E-state index in [2.05, 4.69) is 5.32 Å². The molecule has 0 spiro atoms. The van der Waals surface area contributed by atoms with Crippen LogP contribution in [-0.4, -0.2) is 18.2 Å². The van der Waals surface area contributed by atoms with Gasteiger partial charge in [0.15, 0.2) is 5.78 Å². The number of rotatable bonds is 6. The van der Waals surface area contributed by atoms with Crippen LogP contribution in [0.4, 0.5) is 5.69 Å². The molecule has 1 unspecified atom stereocenters. The molecule has 1 rings (SSSR count). The summed E-state index contributed by atoms with van der Waals surface area (Å²) in [5.41, 5.74) is 6.67. The Kier molecular flexibility index (Phi) is 5.52. The molecule has 0 aliphatic rings. The minimum atomic E-state index is -0.0745. The second-order valence-electron chi connectivity index (χ2n) is 4.46. The third-order valence-corrected chi connectivity index (χ3v) is 2.83. The van der Waals surface area contributed by atoms with E-state index in [4.69, 9.17) is 5.73 Å². The van der Waals surface area contributed by atoms with Crippen molar-refractivity contribution in [2.45, 2.75) is 26.7 Å². The van der Waals surface area contributed by atoms with Crippen molar-refractivity contribution in [1.29, 1.82) is 0 Å². The van der Waals surface area contributed by atoms with Crippen molar-refractivity contribution in [1.82, 2.24) is 0 Å². The SMILES string of the molecule is CC(=O)c1cccc(NC(=O)C(C)CCCN)c1. The molecule has 0 fully saturated rings. The lowest BCUT2D eigenvalue weighted by Gasteiger charge is -2.12. The van der Waals surface area contributed by atoms with Gasteiger partial charge in [-0.15, -0.1) is 0 Å². The molecule has 1 amide bonds. The second-order valence-corrected chi connectivity index (χ2v) is 4.46. The summed E-state index contributed by atoms with van der Waals surface area (Å²) in [6.07, 6.45) is 1.61. The molecule has 0 saturated heterocycles. The normalized spacial score (nSPS) is 11.9. The minimum absolute atomic E-state index is 0.0118. The van der Waals surface area contributed by atoms with Crippen molar-refractivity contribution in [3.8, 4) is 0 Å². The highest BCUT2D eigenvalue weighted by atomic mass is 16.1. The van der Waals surface area contributed by atoms with Gasteiger partial charge in [-0.1, -0.05) is 19.1 Å². The fourth-order valence-corrected chi connectivity index (χ4v) is 1.64. The van der Waals surface area contributed by atoms with Crippen molar-refractivity contribution in [2.24, 2.45) is 11.7 Å². The average Bonchev–Trinajstić information content (AvgIpc) is 2.36. The van der Waals surface area contributed by atoms with E-state index >= 15 is 0 Å². The topological polar surface area (TPSA) is 72.2 Å². The maximum Gasteiger partial charge on any atom is 0.227 e. The van der Waals surface area contributed by atoms with E-state index in [1.165, 1.54) is 6.92 Å². The van der Waals surface area contributed by atoms with Crippen LogP contribution in [0, 0.1) is 5.92 Å². The van der Waals surface area contributed by atoms with E-state index < -0.39 is 0 Å². The summed E-state index contributed by atoms with van der Waals surface area (Å²) in [6, 6.07) is 6.96. The molecule has 18 heavy (non-hydrogen) atoms. The van der Waals surface area contributed by atoms with Crippen molar-refractivity contribution in [3.63, 3.8) is 0 Å². The van der Waals surface area contributed by atoms with Gasteiger partial charge < -0.3 is 11.1 Å². The molecular formula is C14H20N2O2. The molecule has 0 radical (unpaired) electrons. The summed E-state index contributed by atoms with van der Waals surface area (Å²) in [7, 11) is 0. The average molecular weight is 248 g/mol. The summed E-state index contributed by atoms with van der Waals surface area (Å²) < 4.78 is 0. The van der Waals surface area contributed by atoms with Crippen LogP contribution in [0.3, 0.4) is 0 Å². The van der Waals surface area contributed by atoms with Gasteiger partial charge in [0.2, 0.25) is 5.91 Å². The zero-order valence-corrected chi connectivity index (χ0v) is 10.9. The van der Waals surface area contributed by atoms with E-state index in [1.54, 1.807) is 24.3 Å². The highest BCUT2D eigenvalue weighted by Gasteiger charge is 2.12. The number of carbonyl (C=O) groups excluding carboxylic acids is 2. The Hall–Kier alpha value is -1.68. The number of Topliss-reactive ketones (excluding diaryl/α,β-unsaturated/α-hetero) is 1. The molecule has 0 aromatic heterocycles. The quantitative estimate of drug-likeness (QED) is 0.758. The Balaban J connectivity index is 2.64. The number of hydrogen-bond donors (Lipinski definition) is 2. The molecule has 98 valence electrons. The first-order valence-corrected chi connectivity index (χ1v) is 6.16. The Morgan fingerprint density at radius 2 is 2.11 bits per heavy atom. The van der Waals surface area contributed by atoms with E-state index in [0.29, 0.717) is 17.8 Å². The van der Waals surface area contributed by atoms with Crippen LogP contribution < -0.4 is 11.1 Å². The number of anilines is 1. The van der Waals surface area contributed by atoms with Gasteiger partial charge >= 0.3 is 0 Å². The first-order valence-electron chi connectivity index (χ1n) is 6.16. The second kappa shape index (κ2) is 6.91. The summed E-state index contributed by atoms with van der Waals surface area (Å²) in [6.45, 7) is 3.97. The molecule has 0 saturated carbocycles. The zero-order valence-electron chi connectivity index (χ0n) is 10.9. The van der Waals surface area contributed by atoms with Gasteiger partial charge in [-0.25, -0.2) is 0 Å². The number of nitrogens with one attached hydrogen (secondary N) is 1. The Morgan fingerprint density at radius 3 is 2.72 bits per heavy atom. The van der Waals surface area contributed by atoms with Crippen LogP contribution in [-0.2, 0) is 4.79 Å². The molecule has 0 heterocycles. The third kappa shape index (κ3) is 4.30. The predicted molar refractivity (Wildman–Crippen MR) is 72.5 cm³/mol. The summed E-state index contributed by atoms with van der Waals surface area (Å²) >= 11 is 0. The van der Waals surface area contributed by atoms with Gasteiger partial charge in [0.25, 0.3) is 0 Å². The molecule has 4 nitrogen and oxygen atoms in total. The van der Waals surface area contributed by atoms with Crippen LogP contribution >= 0.6 is 0 Å². The molecule has 1 atom stereocenters. The van der Waals surface area contributed by atoms with E-state index in [1.807, 2.05) is 6.92 Å². The number of nitrogens with two attached hydrogens (primary N) is 1. The van der Waals surface area contributed by atoms with Crippen molar-refractivity contribution < 1.29 is 9.59 Å². The van der Waals surface area contributed by atoms with E-state index in [9.17, 15) is 9.59 Å². The molecule has 0 bridgehead atoms. The van der Waals surface area contributed by atoms with Crippen LogP contribution in [0.15, 0.2) is 24.3 Å². The van der Waals surface area contributed by atoms with Crippen molar-refractivity contribution >= 4 is 17.4 Å².